The van der Waals surface area contributed by atoms with Gasteiger partial charge in [0.15, 0.2) is 5.82 Å². The van der Waals surface area contributed by atoms with Gasteiger partial charge in [0, 0.05) is 24.6 Å². The van der Waals surface area contributed by atoms with E-state index in [-0.39, 0.29) is 6.10 Å². The number of aliphatic imine (C=N–C) groups is 1. The average molecular weight is 486 g/mol. The van der Waals surface area contributed by atoms with Crippen LogP contribution in [0.2, 0.25) is 0 Å². The largest absolute Gasteiger partial charge is 0.483 e. The average Bonchev–Trinajstić information content (AvgIpc) is 3.29. The second-order valence-corrected chi connectivity index (χ2v) is 8.50. The van der Waals surface area contributed by atoms with E-state index in [1.165, 1.54) is 0 Å². The lowest BCUT2D eigenvalue weighted by Gasteiger charge is -2.21. The first-order chi connectivity index (χ1) is 17.5. The van der Waals surface area contributed by atoms with Gasteiger partial charge in [0.05, 0.1) is 23.5 Å². The molecular weight excluding hydrogens is 454 g/mol. The van der Waals surface area contributed by atoms with Gasteiger partial charge >= 0.3 is 0 Å². The van der Waals surface area contributed by atoms with Crippen molar-refractivity contribution in [3.05, 3.63) is 88.8 Å². The number of aryl methyl sites for hydroxylation is 2. The maximum Gasteiger partial charge on any atom is 0.223 e. The van der Waals surface area contributed by atoms with Crippen molar-refractivity contribution in [1.29, 1.82) is 0 Å². The minimum atomic E-state index is -0.116. The number of nitrogen functional groups attached to an aromatic ring is 1. The molecule has 36 heavy (non-hydrogen) atoms. The first-order valence-electron chi connectivity index (χ1n) is 11.9. The van der Waals surface area contributed by atoms with Crippen LogP contribution in [0.4, 0.5) is 11.4 Å². The molecule has 0 radical (unpaired) electrons. The Labute approximate surface area is 210 Å². The molecule has 0 aliphatic carbocycles. The number of anilines is 1. The molecule has 0 saturated heterocycles. The van der Waals surface area contributed by atoms with E-state index in [4.69, 9.17) is 20.0 Å². The van der Waals surface area contributed by atoms with E-state index in [9.17, 15) is 0 Å². The first kappa shape index (κ1) is 25.0. The highest BCUT2D eigenvalue weighted by Gasteiger charge is 2.18. The molecule has 2 heterocycles. The van der Waals surface area contributed by atoms with Crippen LogP contribution in [0, 0.1) is 13.8 Å². The quantitative estimate of drug-likeness (QED) is 0.314. The lowest BCUT2D eigenvalue weighted by atomic mass is 10.1. The molecule has 4 rings (SSSR count). The van der Waals surface area contributed by atoms with Crippen molar-refractivity contribution in [1.82, 2.24) is 25.7 Å². The van der Waals surface area contributed by atoms with Gasteiger partial charge in [-0.1, -0.05) is 47.6 Å². The fourth-order valence-electron chi connectivity index (χ4n) is 4.00. The van der Waals surface area contributed by atoms with Crippen LogP contribution >= 0.6 is 0 Å². The normalized spacial score (nSPS) is 12.5. The molecule has 2 aromatic heterocycles. The van der Waals surface area contributed by atoms with Crippen LogP contribution in [-0.2, 0) is 6.42 Å². The van der Waals surface area contributed by atoms with Gasteiger partial charge in [0.1, 0.15) is 17.5 Å². The smallest absolute Gasteiger partial charge is 0.223 e. The topological polar surface area (TPSA) is 124 Å². The molecule has 0 fully saturated rings. The van der Waals surface area contributed by atoms with Gasteiger partial charge in [-0.05, 0) is 45.1 Å². The number of hydrogen-bond acceptors (Lipinski definition) is 9. The van der Waals surface area contributed by atoms with Gasteiger partial charge in [0.25, 0.3) is 0 Å². The van der Waals surface area contributed by atoms with Gasteiger partial charge < -0.3 is 20.3 Å². The minimum Gasteiger partial charge on any atom is -0.483 e. The molecule has 1 unspecified atom stereocenters. The molecule has 0 aliphatic rings. The van der Waals surface area contributed by atoms with Crippen molar-refractivity contribution in [2.24, 2.45) is 4.99 Å². The van der Waals surface area contributed by atoms with Crippen molar-refractivity contribution in [2.45, 2.75) is 39.7 Å². The van der Waals surface area contributed by atoms with Crippen LogP contribution in [0.5, 0.6) is 5.75 Å². The van der Waals surface area contributed by atoms with Crippen molar-refractivity contribution in [3.63, 3.8) is 0 Å². The third kappa shape index (κ3) is 5.92. The van der Waals surface area contributed by atoms with Crippen molar-refractivity contribution in [2.75, 3.05) is 19.3 Å². The number of rotatable bonds is 10. The molecule has 9 nitrogen and oxygen atoms in total. The summed E-state index contributed by atoms with van der Waals surface area (Å²) in [5, 5.41) is 15.7. The molecule has 0 spiro atoms. The van der Waals surface area contributed by atoms with Gasteiger partial charge in [-0.2, -0.15) is 15.2 Å². The minimum absolute atomic E-state index is 0.116. The Balaban J connectivity index is 1.65. The molecule has 1 atom stereocenters. The van der Waals surface area contributed by atoms with E-state index >= 15 is 0 Å². The van der Waals surface area contributed by atoms with Crippen molar-refractivity contribution >= 4 is 17.1 Å². The number of ether oxygens (including phenoxy) is 1. The molecule has 0 amide bonds. The number of hydrogen-bond donors (Lipinski definition) is 2. The number of para-hydroxylation sites is 2. The predicted octanol–water partition coefficient (Wildman–Crippen LogP) is 4.52. The molecular formula is C27H31N7O2. The Morgan fingerprint density at radius 3 is 2.56 bits per heavy atom. The van der Waals surface area contributed by atoms with Crippen LogP contribution in [-0.4, -0.2) is 39.6 Å². The number of nitrogens with zero attached hydrogens (tertiary/aromatic N) is 5. The summed E-state index contributed by atoms with van der Waals surface area (Å²) in [6, 6.07) is 18.0. The van der Waals surface area contributed by atoms with Gasteiger partial charge in [0.2, 0.25) is 5.89 Å². The highest BCUT2D eigenvalue weighted by atomic mass is 16.5. The van der Waals surface area contributed by atoms with E-state index < -0.39 is 0 Å². The van der Waals surface area contributed by atoms with Crippen LogP contribution in [0.25, 0.3) is 0 Å². The Morgan fingerprint density at radius 2 is 1.83 bits per heavy atom. The standard InChI is InChI=1S/C27H31N7O2/c1-17(26-18(2)32-33-22(27(26)28)16-25-31-19(3)36-34-25)30-21-12-8-9-13-24(21)35-23(14-15-29-4)20-10-6-5-7-11-20/h5-13,23,29H,14-16H2,1-4H3,(H2,28,32). The zero-order chi connectivity index (χ0) is 25.5. The maximum absolute atomic E-state index is 6.54. The Hall–Kier alpha value is -4.11. The summed E-state index contributed by atoms with van der Waals surface area (Å²) < 4.78 is 11.6. The second kappa shape index (κ2) is 11.5. The van der Waals surface area contributed by atoms with Gasteiger partial charge in [-0.3, -0.25) is 0 Å². The van der Waals surface area contributed by atoms with Crippen molar-refractivity contribution in [3.8, 4) is 5.75 Å². The summed E-state index contributed by atoms with van der Waals surface area (Å²) >= 11 is 0. The third-order valence-corrected chi connectivity index (χ3v) is 5.77. The molecule has 9 heteroatoms. The number of aromatic nitrogens is 4. The Bertz CT molecular complexity index is 1340. The van der Waals surface area contributed by atoms with Gasteiger partial charge in [-0.15, -0.1) is 0 Å². The van der Waals surface area contributed by atoms with Crippen molar-refractivity contribution < 1.29 is 9.26 Å². The number of nitrogens with two attached hydrogens (primary N) is 1. The van der Waals surface area contributed by atoms with Gasteiger partial charge in [-0.25, -0.2) is 4.99 Å². The summed E-state index contributed by atoms with van der Waals surface area (Å²) in [5.74, 6) is 1.69. The predicted molar refractivity (Wildman–Crippen MR) is 140 cm³/mol. The van der Waals surface area contributed by atoms with Crippen LogP contribution in [0.15, 0.2) is 64.1 Å². The molecule has 3 N–H and O–H groups in total. The lowest BCUT2D eigenvalue weighted by molar-refractivity contribution is 0.196. The molecule has 186 valence electrons. The van der Waals surface area contributed by atoms with E-state index in [1.54, 1.807) is 6.92 Å². The van der Waals surface area contributed by atoms with Crippen LogP contribution in [0.3, 0.4) is 0 Å². The summed E-state index contributed by atoms with van der Waals surface area (Å²) in [6.45, 7) is 6.34. The molecule has 0 bridgehead atoms. The van der Waals surface area contributed by atoms with Crippen LogP contribution < -0.4 is 15.8 Å². The summed E-state index contributed by atoms with van der Waals surface area (Å²) in [7, 11) is 1.94. The van der Waals surface area contributed by atoms with E-state index in [2.05, 4.69) is 37.8 Å². The SMILES string of the molecule is CNCCC(Oc1ccccc1N=C(C)c1c(C)nnc(Cc2noc(C)n2)c1N)c1ccccc1. The van der Waals surface area contributed by atoms with E-state index in [0.717, 1.165) is 24.1 Å². The first-order valence-corrected chi connectivity index (χ1v) is 11.9. The monoisotopic (exact) mass is 485 g/mol. The van der Waals surface area contributed by atoms with E-state index in [1.807, 2.05) is 63.4 Å². The second-order valence-electron chi connectivity index (χ2n) is 8.50. The summed E-state index contributed by atoms with van der Waals surface area (Å²) in [6.07, 6.45) is 1.02. The number of benzene rings is 2. The highest BCUT2D eigenvalue weighted by Crippen LogP contribution is 2.34. The highest BCUT2D eigenvalue weighted by molar-refractivity contribution is 6.05. The molecule has 0 aliphatic heterocycles. The Morgan fingerprint density at radius 1 is 1.08 bits per heavy atom. The lowest BCUT2D eigenvalue weighted by Crippen LogP contribution is -2.16. The zero-order valence-electron chi connectivity index (χ0n) is 21.0. The fourth-order valence-corrected chi connectivity index (χ4v) is 4.00. The third-order valence-electron chi connectivity index (χ3n) is 5.77. The fraction of sp³-hybridized carbons (Fsp3) is 0.296. The zero-order valence-corrected chi connectivity index (χ0v) is 21.0. The summed E-state index contributed by atoms with van der Waals surface area (Å²) in [5.41, 5.74) is 11.6. The van der Waals surface area contributed by atoms with Crippen LogP contribution in [0.1, 0.15) is 53.7 Å². The Kier molecular flexibility index (Phi) is 8.02. The molecule has 0 saturated carbocycles. The maximum atomic E-state index is 6.54. The number of nitrogens with one attached hydrogen (secondary N) is 1. The van der Waals surface area contributed by atoms with E-state index in [0.29, 0.717) is 52.4 Å². The molecule has 2 aromatic carbocycles. The summed E-state index contributed by atoms with van der Waals surface area (Å²) in [4.78, 5) is 9.15. The molecule has 4 aromatic rings.